The topological polar surface area (TPSA) is 80.0 Å². The highest BCUT2D eigenvalue weighted by atomic mass is 32.1. The van der Waals surface area contributed by atoms with E-state index in [-0.39, 0.29) is 11.0 Å². The van der Waals surface area contributed by atoms with Crippen molar-refractivity contribution in [2.45, 2.75) is 20.4 Å². The molecule has 0 spiro atoms. The number of aromatic nitrogens is 2. The number of hydrogen-bond donors (Lipinski definition) is 2. The molecule has 0 fully saturated rings. The van der Waals surface area contributed by atoms with Gasteiger partial charge in [0, 0.05) is 23.9 Å². The molecule has 0 aliphatic rings. The number of nitrogens with zero attached hydrogens (tertiary/aromatic N) is 2. The smallest absolute Gasteiger partial charge is 0.257 e. The third kappa shape index (κ3) is 4.36. The van der Waals surface area contributed by atoms with Gasteiger partial charge in [-0.2, -0.15) is 4.98 Å². The first kappa shape index (κ1) is 19.7. The lowest BCUT2D eigenvalue weighted by atomic mass is 10.1. The number of amides is 1. The van der Waals surface area contributed by atoms with Gasteiger partial charge in [-0.1, -0.05) is 18.2 Å². The molecule has 4 rings (SSSR count). The molecular weight excluding hydrogens is 396 g/mol. The Hall–Kier alpha value is -3.58. The molecule has 2 aromatic heterocycles. The number of benzene rings is 2. The van der Waals surface area contributed by atoms with Crippen molar-refractivity contribution in [3.05, 3.63) is 83.0 Å². The molecule has 0 saturated heterocycles. The minimum absolute atomic E-state index is 0.226. The van der Waals surface area contributed by atoms with Crippen LogP contribution in [0, 0.1) is 13.8 Å². The van der Waals surface area contributed by atoms with Crippen LogP contribution in [0.1, 0.15) is 27.0 Å². The quantitative estimate of drug-likeness (QED) is 0.483. The van der Waals surface area contributed by atoms with Gasteiger partial charge in [0.2, 0.25) is 5.89 Å². The average Bonchev–Trinajstić information content (AvgIpc) is 3.19. The first-order valence-electron chi connectivity index (χ1n) is 9.47. The molecule has 0 aliphatic carbocycles. The second kappa shape index (κ2) is 8.42. The van der Waals surface area contributed by atoms with Gasteiger partial charge in [-0.05, 0) is 79.2 Å². The van der Waals surface area contributed by atoms with Crippen LogP contribution in [0.25, 0.3) is 22.7 Å². The van der Waals surface area contributed by atoms with Gasteiger partial charge < -0.3 is 9.73 Å². The number of rotatable bonds is 4. The molecule has 0 atom stereocenters. The molecule has 0 unspecified atom stereocenters. The molecule has 150 valence electrons. The largest absolute Gasteiger partial charge is 0.434 e. The van der Waals surface area contributed by atoms with Gasteiger partial charge in [0.25, 0.3) is 5.91 Å². The molecule has 1 amide bonds. The Balaban J connectivity index is 1.35. The SMILES string of the molecule is Cc1ccc(C(=O)NC(=S)NCc2ccc(-c3nc4ncccc4o3)cc2)cc1C. The molecule has 7 heteroatoms. The highest BCUT2D eigenvalue weighted by Gasteiger charge is 2.10. The Kier molecular flexibility index (Phi) is 5.54. The number of aryl methyl sites for hydroxylation is 2. The molecule has 0 aliphatic heterocycles. The fourth-order valence-electron chi connectivity index (χ4n) is 2.94. The van der Waals surface area contributed by atoms with E-state index in [2.05, 4.69) is 20.6 Å². The third-order valence-electron chi connectivity index (χ3n) is 4.82. The van der Waals surface area contributed by atoms with Gasteiger partial charge in [-0.3, -0.25) is 10.1 Å². The van der Waals surface area contributed by atoms with E-state index >= 15 is 0 Å². The third-order valence-corrected chi connectivity index (χ3v) is 5.06. The summed E-state index contributed by atoms with van der Waals surface area (Å²) >= 11 is 5.25. The van der Waals surface area contributed by atoms with Gasteiger partial charge in [-0.15, -0.1) is 0 Å². The zero-order valence-corrected chi connectivity index (χ0v) is 17.4. The summed E-state index contributed by atoms with van der Waals surface area (Å²) in [6.45, 7) is 4.47. The second-order valence-corrected chi connectivity index (χ2v) is 7.39. The van der Waals surface area contributed by atoms with Crippen molar-refractivity contribution < 1.29 is 9.21 Å². The maximum Gasteiger partial charge on any atom is 0.257 e. The number of pyridine rings is 1. The van der Waals surface area contributed by atoms with E-state index in [1.54, 1.807) is 12.3 Å². The Bertz CT molecular complexity index is 1200. The summed E-state index contributed by atoms with van der Waals surface area (Å²) in [5, 5.41) is 6.06. The normalized spacial score (nSPS) is 10.7. The minimum Gasteiger partial charge on any atom is -0.434 e. The van der Waals surface area contributed by atoms with Crippen LogP contribution in [-0.4, -0.2) is 21.0 Å². The van der Waals surface area contributed by atoms with Crippen molar-refractivity contribution in [1.82, 2.24) is 20.6 Å². The lowest BCUT2D eigenvalue weighted by Gasteiger charge is -2.11. The van der Waals surface area contributed by atoms with Crippen LogP contribution in [-0.2, 0) is 6.54 Å². The lowest BCUT2D eigenvalue weighted by Crippen LogP contribution is -2.38. The van der Waals surface area contributed by atoms with Crippen LogP contribution < -0.4 is 10.6 Å². The number of carbonyl (C=O) groups is 1. The molecule has 2 aromatic carbocycles. The second-order valence-electron chi connectivity index (χ2n) is 6.98. The predicted molar refractivity (Wildman–Crippen MR) is 120 cm³/mol. The van der Waals surface area contributed by atoms with Crippen molar-refractivity contribution in [2.75, 3.05) is 0 Å². The number of nitrogens with one attached hydrogen (secondary N) is 2. The van der Waals surface area contributed by atoms with E-state index in [0.29, 0.717) is 29.2 Å². The van der Waals surface area contributed by atoms with E-state index in [4.69, 9.17) is 16.6 Å². The van der Waals surface area contributed by atoms with Crippen molar-refractivity contribution in [1.29, 1.82) is 0 Å². The minimum atomic E-state index is -0.226. The maximum atomic E-state index is 12.3. The first-order valence-corrected chi connectivity index (χ1v) is 9.88. The summed E-state index contributed by atoms with van der Waals surface area (Å²) in [7, 11) is 0. The van der Waals surface area contributed by atoms with E-state index in [9.17, 15) is 4.79 Å². The van der Waals surface area contributed by atoms with Crippen molar-refractivity contribution in [3.63, 3.8) is 0 Å². The zero-order valence-electron chi connectivity index (χ0n) is 16.6. The zero-order chi connectivity index (χ0) is 21.1. The van der Waals surface area contributed by atoms with Gasteiger partial charge in [0.1, 0.15) is 0 Å². The Labute approximate surface area is 179 Å². The molecule has 0 bridgehead atoms. The van der Waals surface area contributed by atoms with Gasteiger partial charge >= 0.3 is 0 Å². The molecule has 0 radical (unpaired) electrons. The maximum absolute atomic E-state index is 12.3. The van der Waals surface area contributed by atoms with Crippen molar-refractivity contribution in [2.24, 2.45) is 0 Å². The summed E-state index contributed by atoms with van der Waals surface area (Å²) in [4.78, 5) is 20.9. The Morgan fingerprint density at radius 3 is 2.60 bits per heavy atom. The number of fused-ring (bicyclic) bond motifs is 1. The van der Waals surface area contributed by atoms with E-state index in [0.717, 1.165) is 22.3 Å². The molecule has 0 saturated carbocycles. The van der Waals surface area contributed by atoms with Crippen LogP contribution >= 0.6 is 12.2 Å². The molecule has 6 nitrogen and oxygen atoms in total. The highest BCUT2D eigenvalue weighted by molar-refractivity contribution is 7.80. The van der Waals surface area contributed by atoms with Crippen LogP contribution in [0.3, 0.4) is 0 Å². The fourth-order valence-corrected chi connectivity index (χ4v) is 3.11. The highest BCUT2D eigenvalue weighted by Crippen LogP contribution is 2.23. The molecule has 30 heavy (non-hydrogen) atoms. The fraction of sp³-hybridized carbons (Fsp3) is 0.130. The first-order chi connectivity index (χ1) is 14.5. The molecule has 4 aromatic rings. The van der Waals surface area contributed by atoms with E-state index < -0.39 is 0 Å². The van der Waals surface area contributed by atoms with Gasteiger partial charge in [0.15, 0.2) is 16.3 Å². The Morgan fingerprint density at radius 1 is 1.07 bits per heavy atom. The van der Waals surface area contributed by atoms with Gasteiger partial charge in [0.05, 0.1) is 0 Å². The standard InChI is InChI=1S/C23H20N4O2S/c1-14-5-8-18(12-15(14)2)21(28)27-23(30)25-13-16-6-9-17(10-7-16)22-26-20-19(29-22)4-3-11-24-20/h3-12H,13H2,1-2H3,(H2,25,27,28,30). The summed E-state index contributed by atoms with van der Waals surface area (Å²) in [6, 6.07) is 17.0. The van der Waals surface area contributed by atoms with Crippen LogP contribution in [0.4, 0.5) is 0 Å². The van der Waals surface area contributed by atoms with Gasteiger partial charge in [-0.25, -0.2) is 4.98 Å². The monoisotopic (exact) mass is 416 g/mol. The lowest BCUT2D eigenvalue weighted by molar-refractivity contribution is 0.0976. The molecular formula is C23H20N4O2S. The number of carbonyl (C=O) groups excluding carboxylic acids is 1. The summed E-state index contributed by atoms with van der Waals surface area (Å²) < 4.78 is 5.74. The van der Waals surface area contributed by atoms with E-state index in [1.165, 1.54) is 0 Å². The average molecular weight is 417 g/mol. The Morgan fingerprint density at radius 2 is 1.87 bits per heavy atom. The summed E-state index contributed by atoms with van der Waals surface area (Å²) in [5.74, 6) is 0.301. The van der Waals surface area contributed by atoms with Crippen LogP contribution in [0.5, 0.6) is 0 Å². The number of oxazole rings is 1. The summed E-state index contributed by atoms with van der Waals surface area (Å²) in [5.41, 5.74) is 5.91. The molecule has 2 heterocycles. The number of hydrogen-bond acceptors (Lipinski definition) is 5. The van der Waals surface area contributed by atoms with Crippen molar-refractivity contribution >= 4 is 34.5 Å². The van der Waals surface area contributed by atoms with Crippen LogP contribution in [0.2, 0.25) is 0 Å². The molecule has 2 N–H and O–H groups in total. The van der Waals surface area contributed by atoms with Crippen molar-refractivity contribution in [3.8, 4) is 11.5 Å². The predicted octanol–water partition coefficient (Wildman–Crippen LogP) is 4.31. The van der Waals surface area contributed by atoms with E-state index in [1.807, 2.05) is 62.4 Å². The van der Waals surface area contributed by atoms with Crippen LogP contribution in [0.15, 0.2) is 65.2 Å². The number of thiocarbonyl (C=S) groups is 1. The summed E-state index contributed by atoms with van der Waals surface area (Å²) in [6.07, 6.45) is 1.69.